The Labute approximate surface area is 183 Å². The maximum absolute atomic E-state index is 13.3. The number of rotatable bonds is 3. The normalized spacial score (nSPS) is 20.0. The fourth-order valence-corrected chi connectivity index (χ4v) is 4.23. The lowest BCUT2D eigenvalue weighted by Gasteiger charge is -2.20. The van der Waals surface area contributed by atoms with Crippen molar-refractivity contribution in [2.75, 3.05) is 11.9 Å². The number of nitrogens with zero attached hydrogens (tertiary/aromatic N) is 1. The maximum Gasteiger partial charge on any atom is 0.287 e. The van der Waals surface area contributed by atoms with Crippen LogP contribution in [0.5, 0.6) is 0 Å². The van der Waals surface area contributed by atoms with Crippen LogP contribution in [0.3, 0.4) is 0 Å². The van der Waals surface area contributed by atoms with Gasteiger partial charge < -0.3 is 20.0 Å². The van der Waals surface area contributed by atoms with E-state index in [4.69, 9.17) is 16.0 Å². The van der Waals surface area contributed by atoms with Crippen molar-refractivity contribution in [3.8, 4) is 11.1 Å². The number of amides is 3. The van der Waals surface area contributed by atoms with Crippen LogP contribution in [-0.4, -0.2) is 41.2 Å². The van der Waals surface area contributed by atoms with E-state index in [9.17, 15) is 14.4 Å². The number of carbonyl (C=O) groups excluding carboxylic acids is 3. The van der Waals surface area contributed by atoms with Crippen molar-refractivity contribution in [2.45, 2.75) is 18.5 Å². The van der Waals surface area contributed by atoms with Gasteiger partial charge in [0, 0.05) is 17.6 Å². The number of halogens is 1. The van der Waals surface area contributed by atoms with Crippen molar-refractivity contribution < 1.29 is 18.8 Å². The fourth-order valence-electron chi connectivity index (χ4n) is 4.10. The summed E-state index contributed by atoms with van der Waals surface area (Å²) in [5.74, 6) is -0.688. The third-order valence-corrected chi connectivity index (χ3v) is 5.88. The molecule has 3 aromatic rings. The third-order valence-electron chi connectivity index (χ3n) is 5.63. The van der Waals surface area contributed by atoms with E-state index in [0.717, 1.165) is 11.1 Å². The second-order valence-electron chi connectivity index (χ2n) is 7.61. The van der Waals surface area contributed by atoms with Crippen molar-refractivity contribution in [2.24, 2.45) is 0 Å². The number of hydrogen-bond donors (Lipinski definition) is 2. The second kappa shape index (κ2) is 7.59. The Bertz CT molecular complexity index is 1170. The van der Waals surface area contributed by atoms with Gasteiger partial charge in [0.1, 0.15) is 6.04 Å². The molecule has 0 radical (unpaired) electrons. The maximum atomic E-state index is 13.3. The predicted molar refractivity (Wildman–Crippen MR) is 115 cm³/mol. The number of anilines is 1. The van der Waals surface area contributed by atoms with Crippen LogP contribution < -0.4 is 10.6 Å². The Kier molecular flexibility index (Phi) is 4.75. The molecule has 7 nitrogen and oxygen atoms in total. The van der Waals surface area contributed by atoms with E-state index in [1.165, 1.54) is 11.2 Å². The van der Waals surface area contributed by atoms with Gasteiger partial charge in [0.15, 0.2) is 5.76 Å². The Balaban J connectivity index is 1.41. The molecule has 2 aromatic carbocycles. The van der Waals surface area contributed by atoms with Gasteiger partial charge in [-0.05, 0) is 53.9 Å². The molecule has 2 aliphatic heterocycles. The van der Waals surface area contributed by atoms with Crippen LogP contribution in [0.1, 0.15) is 27.3 Å². The van der Waals surface area contributed by atoms with Crippen LogP contribution in [-0.2, 0) is 4.79 Å². The molecule has 2 N–H and O–H groups in total. The molecule has 8 heteroatoms. The minimum absolute atomic E-state index is 0.191. The summed E-state index contributed by atoms with van der Waals surface area (Å²) in [6, 6.07) is 14.9. The van der Waals surface area contributed by atoms with Gasteiger partial charge in [-0.3, -0.25) is 14.4 Å². The molecule has 0 unspecified atom stereocenters. The van der Waals surface area contributed by atoms with E-state index in [2.05, 4.69) is 10.6 Å². The molecule has 1 fully saturated rings. The standard InChI is InChI=1S/C23H18ClN3O4/c24-15-6-3-13(4-7-15)14-5-8-18-17(10-14)23(30)27-12-16(11-19(27)21(28)26-18)25-22(29)20-2-1-9-31-20/h1-10,16,19H,11-12H2,(H,25,29)(H,26,28)/t16-,19-/m0/s1. The number of furan rings is 1. The van der Waals surface area contributed by atoms with Gasteiger partial charge in [0.2, 0.25) is 5.91 Å². The lowest BCUT2D eigenvalue weighted by atomic mass is 10.0. The molecule has 3 heterocycles. The minimum Gasteiger partial charge on any atom is -0.459 e. The van der Waals surface area contributed by atoms with Crippen LogP contribution in [0, 0.1) is 0 Å². The van der Waals surface area contributed by atoms with E-state index >= 15 is 0 Å². The summed E-state index contributed by atoms with van der Waals surface area (Å²) in [4.78, 5) is 40.0. The lowest BCUT2D eigenvalue weighted by Crippen LogP contribution is -2.41. The highest BCUT2D eigenvalue weighted by molar-refractivity contribution is 6.30. The molecule has 1 saturated heterocycles. The molecule has 156 valence electrons. The van der Waals surface area contributed by atoms with Crippen molar-refractivity contribution in [1.82, 2.24) is 10.2 Å². The van der Waals surface area contributed by atoms with E-state index in [-0.39, 0.29) is 36.1 Å². The molecule has 2 atom stereocenters. The highest BCUT2D eigenvalue weighted by Crippen LogP contribution is 2.32. The zero-order valence-electron chi connectivity index (χ0n) is 16.3. The zero-order chi connectivity index (χ0) is 21.5. The molecular formula is C23H18ClN3O4. The van der Waals surface area contributed by atoms with E-state index in [1.54, 1.807) is 36.4 Å². The Morgan fingerprint density at radius 1 is 1.10 bits per heavy atom. The molecule has 0 bridgehead atoms. The molecular weight excluding hydrogens is 418 g/mol. The smallest absolute Gasteiger partial charge is 0.287 e. The third kappa shape index (κ3) is 3.57. The summed E-state index contributed by atoms with van der Waals surface area (Å²) >= 11 is 5.97. The Hall–Kier alpha value is -3.58. The summed E-state index contributed by atoms with van der Waals surface area (Å²) < 4.78 is 5.12. The molecule has 1 aromatic heterocycles. The fraction of sp³-hybridized carbons (Fsp3) is 0.174. The summed E-state index contributed by atoms with van der Waals surface area (Å²) in [6.07, 6.45) is 1.76. The topological polar surface area (TPSA) is 91.7 Å². The number of nitrogens with one attached hydrogen (secondary N) is 2. The summed E-state index contributed by atoms with van der Waals surface area (Å²) in [6.45, 7) is 0.244. The quantitative estimate of drug-likeness (QED) is 0.658. The van der Waals surface area contributed by atoms with Gasteiger partial charge in [-0.15, -0.1) is 0 Å². The summed E-state index contributed by atoms with van der Waals surface area (Å²) in [7, 11) is 0. The van der Waals surface area contributed by atoms with Crippen molar-refractivity contribution in [1.29, 1.82) is 0 Å². The van der Waals surface area contributed by atoms with Crippen molar-refractivity contribution in [3.63, 3.8) is 0 Å². The monoisotopic (exact) mass is 435 g/mol. The van der Waals surface area contributed by atoms with Crippen LogP contribution in [0.25, 0.3) is 11.1 Å². The molecule has 5 rings (SSSR count). The minimum atomic E-state index is -0.652. The summed E-state index contributed by atoms with van der Waals surface area (Å²) in [5, 5.41) is 6.34. The number of hydrogen-bond acceptors (Lipinski definition) is 4. The highest BCUT2D eigenvalue weighted by atomic mass is 35.5. The first-order valence-corrected chi connectivity index (χ1v) is 10.2. The highest BCUT2D eigenvalue weighted by Gasteiger charge is 2.43. The Morgan fingerprint density at radius 2 is 1.87 bits per heavy atom. The predicted octanol–water partition coefficient (Wildman–Crippen LogP) is 3.57. The number of fused-ring (bicyclic) bond motifs is 2. The molecule has 3 amide bonds. The van der Waals surface area contributed by atoms with Crippen LogP contribution in [0.15, 0.2) is 65.3 Å². The number of carbonyl (C=O) groups is 3. The number of benzene rings is 2. The van der Waals surface area contributed by atoms with Crippen LogP contribution in [0.2, 0.25) is 5.02 Å². The zero-order valence-corrected chi connectivity index (χ0v) is 17.1. The first-order chi connectivity index (χ1) is 15.0. The van der Waals surface area contributed by atoms with Gasteiger partial charge in [-0.2, -0.15) is 0 Å². The van der Waals surface area contributed by atoms with Gasteiger partial charge in [-0.1, -0.05) is 29.8 Å². The molecule has 2 aliphatic rings. The molecule has 0 aliphatic carbocycles. The van der Waals surface area contributed by atoms with Crippen LogP contribution >= 0.6 is 11.6 Å². The lowest BCUT2D eigenvalue weighted by molar-refractivity contribution is -0.119. The average molecular weight is 436 g/mol. The van der Waals surface area contributed by atoms with E-state index in [1.807, 2.05) is 18.2 Å². The SMILES string of the molecule is O=C(N[C@H]1C[C@H]2C(=O)Nc3ccc(-c4ccc(Cl)cc4)cc3C(=O)N2C1)c1ccco1. The van der Waals surface area contributed by atoms with Crippen molar-refractivity contribution in [3.05, 3.63) is 77.2 Å². The first kappa shape index (κ1) is 19.4. The van der Waals surface area contributed by atoms with E-state index < -0.39 is 6.04 Å². The summed E-state index contributed by atoms with van der Waals surface area (Å²) in [5.41, 5.74) is 2.66. The first-order valence-electron chi connectivity index (χ1n) is 9.86. The van der Waals surface area contributed by atoms with Crippen LogP contribution in [0.4, 0.5) is 5.69 Å². The van der Waals surface area contributed by atoms with Crippen molar-refractivity contribution >= 4 is 35.0 Å². The van der Waals surface area contributed by atoms with Gasteiger partial charge in [0.05, 0.1) is 17.5 Å². The second-order valence-corrected chi connectivity index (χ2v) is 8.05. The largest absolute Gasteiger partial charge is 0.459 e. The molecule has 0 spiro atoms. The van der Waals surface area contributed by atoms with Gasteiger partial charge >= 0.3 is 0 Å². The van der Waals surface area contributed by atoms with Gasteiger partial charge in [-0.25, -0.2) is 0 Å². The van der Waals surface area contributed by atoms with Gasteiger partial charge in [0.25, 0.3) is 11.8 Å². The average Bonchev–Trinajstić information content (AvgIpc) is 3.43. The molecule has 0 saturated carbocycles. The Morgan fingerprint density at radius 3 is 2.61 bits per heavy atom. The van der Waals surface area contributed by atoms with E-state index in [0.29, 0.717) is 22.7 Å². The molecule has 31 heavy (non-hydrogen) atoms.